The van der Waals surface area contributed by atoms with Gasteiger partial charge in [-0.2, -0.15) is 0 Å². The topological polar surface area (TPSA) is 75.6 Å². The van der Waals surface area contributed by atoms with Gasteiger partial charge in [-0.05, 0) is 25.0 Å². The van der Waals surface area contributed by atoms with Gasteiger partial charge >= 0.3 is 5.97 Å². The number of hydrogen-bond acceptors (Lipinski definition) is 4. The van der Waals surface area contributed by atoms with Crippen LogP contribution in [0.15, 0.2) is 36.9 Å². The van der Waals surface area contributed by atoms with Gasteiger partial charge in [0.25, 0.3) is 0 Å². The van der Waals surface area contributed by atoms with Gasteiger partial charge in [-0.25, -0.2) is 0 Å². The zero-order valence-corrected chi connectivity index (χ0v) is 11.3. The van der Waals surface area contributed by atoms with E-state index in [1.54, 1.807) is 18.2 Å². The maximum absolute atomic E-state index is 11.5. The Kier molecular flexibility index (Phi) is 6.89. The summed E-state index contributed by atoms with van der Waals surface area (Å²) in [5.74, 6) is -0.486. The molecule has 0 unspecified atom stereocenters. The van der Waals surface area contributed by atoms with E-state index in [4.69, 9.17) is 4.74 Å². The van der Waals surface area contributed by atoms with E-state index >= 15 is 0 Å². The third kappa shape index (κ3) is 6.04. The molecule has 20 heavy (non-hydrogen) atoms. The van der Waals surface area contributed by atoms with Crippen LogP contribution in [0.25, 0.3) is 0 Å². The predicted octanol–water partition coefficient (Wildman–Crippen LogP) is 1.56. The van der Waals surface area contributed by atoms with Crippen molar-refractivity contribution in [3.8, 4) is 5.75 Å². The molecule has 0 spiro atoms. The third-order valence-electron chi connectivity index (χ3n) is 2.65. The summed E-state index contributed by atoms with van der Waals surface area (Å²) in [7, 11) is 0. The molecule has 0 aliphatic heterocycles. The van der Waals surface area contributed by atoms with Crippen LogP contribution in [-0.4, -0.2) is 30.1 Å². The average Bonchev–Trinajstić information content (AvgIpc) is 2.44. The highest BCUT2D eigenvalue weighted by atomic mass is 16.5. The zero-order valence-electron chi connectivity index (χ0n) is 11.3. The summed E-state index contributed by atoms with van der Waals surface area (Å²) in [5.41, 5.74) is 0.552. The maximum Gasteiger partial charge on any atom is 0.310 e. The fraction of sp³-hybridized carbons (Fsp3) is 0.333. The van der Waals surface area contributed by atoms with Crippen molar-refractivity contribution in [2.45, 2.75) is 19.3 Å². The highest BCUT2D eigenvalue weighted by molar-refractivity contribution is 5.86. The number of para-hydroxylation sites is 1. The molecule has 0 saturated heterocycles. The first-order valence-electron chi connectivity index (χ1n) is 6.46. The second kappa shape index (κ2) is 8.74. The number of unbranched alkanes of at least 4 members (excludes halogenated alkanes) is 1. The summed E-state index contributed by atoms with van der Waals surface area (Å²) in [6, 6.07) is 6.67. The van der Waals surface area contributed by atoms with Crippen molar-refractivity contribution in [3.05, 3.63) is 42.5 Å². The third-order valence-corrected chi connectivity index (χ3v) is 2.65. The molecule has 1 rings (SSSR count). The molecule has 1 aromatic rings. The van der Waals surface area contributed by atoms with E-state index in [1.807, 2.05) is 0 Å². The number of aromatic hydroxyl groups is 1. The SMILES string of the molecule is C=CC(=O)NCCCCOC(=O)Cc1ccccc1O. The molecule has 2 N–H and O–H groups in total. The first-order valence-corrected chi connectivity index (χ1v) is 6.46. The molecular weight excluding hydrogens is 258 g/mol. The normalized spacial score (nSPS) is 9.80. The van der Waals surface area contributed by atoms with Crippen LogP contribution in [0.2, 0.25) is 0 Å². The summed E-state index contributed by atoms with van der Waals surface area (Å²) >= 11 is 0. The number of carbonyl (C=O) groups excluding carboxylic acids is 2. The number of nitrogens with one attached hydrogen (secondary N) is 1. The van der Waals surface area contributed by atoms with E-state index in [9.17, 15) is 14.7 Å². The molecule has 108 valence electrons. The number of esters is 1. The highest BCUT2D eigenvalue weighted by Crippen LogP contribution is 2.16. The van der Waals surface area contributed by atoms with Crippen LogP contribution in [0.5, 0.6) is 5.75 Å². The highest BCUT2D eigenvalue weighted by Gasteiger charge is 2.07. The summed E-state index contributed by atoms with van der Waals surface area (Å²) < 4.78 is 5.05. The van der Waals surface area contributed by atoms with E-state index in [1.165, 1.54) is 12.1 Å². The number of hydrogen-bond donors (Lipinski definition) is 2. The first kappa shape index (κ1) is 15.8. The van der Waals surface area contributed by atoms with Gasteiger partial charge in [0.15, 0.2) is 0 Å². The molecule has 0 aromatic heterocycles. The molecule has 1 amide bonds. The second-order valence-corrected chi connectivity index (χ2v) is 4.23. The predicted molar refractivity (Wildman–Crippen MR) is 75.2 cm³/mol. The average molecular weight is 277 g/mol. The molecule has 5 nitrogen and oxygen atoms in total. The Morgan fingerprint density at radius 3 is 2.75 bits per heavy atom. The van der Waals surface area contributed by atoms with Crippen LogP contribution in [0.3, 0.4) is 0 Å². The lowest BCUT2D eigenvalue weighted by Gasteiger charge is -2.06. The van der Waals surface area contributed by atoms with Crippen molar-refractivity contribution < 1.29 is 19.4 Å². The van der Waals surface area contributed by atoms with Crippen LogP contribution in [0.4, 0.5) is 0 Å². The smallest absolute Gasteiger partial charge is 0.310 e. The number of ether oxygens (including phenoxy) is 1. The number of phenolic OH excluding ortho intramolecular Hbond substituents is 1. The lowest BCUT2D eigenvalue weighted by molar-refractivity contribution is -0.143. The molecule has 0 aliphatic carbocycles. The van der Waals surface area contributed by atoms with Gasteiger partial charge in [0.2, 0.25) is 5.91 Å². The van der Waals surface area contributed by atoms with Gasteiger partial charge in [-0.3, -0.25) is 9.59 Å². The Hall–Kier alpha value is -2.30. The standard InChI is InChI=1S/C15H19NO4/c1-2-14(18)16-9-5-6-10-20-15(19)11-12-7-3-4-8-13(12)17/h2-4,7-8,17H,1,5-6,9-11H2,(H,16,18). The molecule has 0 bridgehead atoms. The Morgan fingerprint density at radius 1 is 1.30 bits per heavy atom. The lowest BCUT2D eigenvalue weighted by atomic mass is 10.1. The van der Waals surface area contributed by atoms with Gasteiger partial charge in [0.05, 0.1) is 13.0 Å². The van der Waals surface area contributed by atoms with Crippen molar-refractivity contribution in [3.63, 3.8) is 0 Å². The first-order chi connectivity index (χ1) is 9.63. The van der Waals surface area contributed by atoms with E-state index in [0.29, 0.717) is 25.1 Å². The molecule has 0 fully saturated rings. The summed E-state index contributed by atoms with van der Waals surface area (Å²) in [5, 5.41) is 12.2. The van der Waals surface area contributed by atoms with E-state index in [-0.39, 0.29) is 24.0 Å². The Labute approximate surface area is 118 Å². The lowest BCUT2D eigenvalue weighted by Crippen LogP contribution is -2.22. The Morgan fingerprint density at radius 2 is 2.05 bits per heavy atom. The molecular formula is C15H19NO4. The van der Waals surface area contributed by atoms with Crippen molar-refractivity contribution in [2.24, 2.45) is 0 Å². The van der Waals surface area contributed by atoms with Crippen molar-refractivity contribution in [1.29, 1.82) is 0 Å². The molecule has 1 aromatic carbocycles. The number of amides is 1. The number of carbonyl (C=O) groups is 2. The van der Waals surface area contributed by atoms with E-state index < -0.39 is 0 Å². The minimum absolute atomic E-state index is 0.0554. The van der Waals surface area contributed by atoms with Crippen LogP contribution in [-0.2, 0) is 20.7 Å². The molecule has 0 radical (unpaired) electrons. The number of benzene rings is 1. The van der Waals surface area contributed by atoms with Gasteiger partial charge in [0, 0.05) is 12.1 Å². The van der Waals surface area contributed by atoms with Gasteiger partial charge in [-0.1, -0.05) is 24.8 Å². The monoisotopic (exact) mass is 277 g/mol. The molecule has 5 heteroatoms. The molecule has 0 heterocycles. The molecule has 0 atom stereocenters. The maximum atomic E-state index is 11.5. The van der Waals surface area contributed by atoms with E-state index in [0.717, 1.165) is 6.42 Å². The van der Waals surface area contributed by atoms with Crippen LogP contribution < -0.4 is 5.32 Å². The minimum atomic E-state index is -0.373. The van der Waals surface area contributed by atoms with Gasteiger partial charge < -0.3 is 15.2 Å². The summed E-state index contributed by atoms with van der Waals surface area (Å²) in [6.45, 7) is 4.18. The van der Waals surface area contributed by atoms with Crippen molar-refractivity contribution in [2.75, 3.05) is 13.2 Å². The minimum Gasteiger partial charge on any atom is -0.508 e. The van der Waals surface area contributed by atoms with Crippen molar-refractivity contribution in [1.82, 2.24) is 5.32 Å². The molecule has 0 aliphatic rings. The fourth-order valence-corrected chi connectivity index (χ4v) is 1.56. The fourth-order valence-electron chi connectivity index (χ4n) is 1.56. The van der Waals surface area contributed by atoms with Crippen LogP contribution in [0.1, 0.15) is 18.4 Å². The van der Waals surface area contributed by atoms with Crippen LogP contribution in [0, 0.1) is 0 Å². The van der Waals surface area contributed by atoms with Crippen LogP contribution >= 0.6 is 0 Å². The Balaban J connectivity index is 2.13. The zero-order chi connectivity index (χ0) is 14.8. The number of phenols is 1. The quantitative estimate of drug-likeness (QED) is 0.429. The van der Waals surface area contributed by atoms with Gasteiger partial charge in [-0.15, -0.1) is 0 Å². The number of rotatable bonds is 8. The van der Waals surface area contributed by atoms with E-state index in [2.05, 4.69) is 11.9 Å². The second-order valence-electron chi connectivity index (χ2n) is 4.23. The summed E-state index contributed by atoms with van der Waals surface area (Å²) in [6.07, 6.45) is 2.67. The van der Waals surface area contributed by atoms with Crippen molar-refractivity contribution >= 4 is 11.9 Å². The largest absolute Gasteiger partial charge is 0.508 e. The summed E-state index contributed by atoms with van der Waals surface area (Å²) in [4.78, 5) is 22.4. The van der Waals surface area contributed by atoms with Gasteiger partial charge in [0.1, 0.15) is 5.75 Å². The Bertz CT molecular complexity index is 471. The molecule has 0 saturated carbocycles.